The Morgan fingerprint density at radius 2 is 2.14 bits per heavy atom. The van der Waals surface area contributed by atoms with Gasteiger partial charge in [-0.15, -0.1) is 0 Å². The second kappa shape index (κ2) is 6.18. The fraction of sp³-hybridized carbons (Fsp3) is 0.667. The first-order chi connectivity index (χ1) is 10.7. The van der Waals surface area contributed by atoms with Crippen LogP contribution < -0.4 is 5.32 Å². The van der Waals surface area contributed by atoms with Gasteiger partial charge in [0.25, 0.3) is 0 Å². The van der Waals surface area contributed by atoms with Crippen molar-refractivity contribution in [2.75, 3.05) is 25.1 Å². The minimum Gasteiger partial charge on any atom is -0.478 e. The molecule has 3 rings (SSSR count). The molecule has 2 N–H and O–H groups in total. The van der Waals surface area contributed by atoms with E-state index in [0.717, 1.165) is 32.5 Å². The molecule has 2 atom stereocenters. The molecule has 0 bridgehead atoms. The van der Waals surface area contributed by atoms with E-state index in [1.807, 2.05) is 6.92 Å². The summed E-state index contributed by atoms with van der Waals surface area (Å²) < 4.78 is 11.4. The monoisotopic (exact) mass is 307 g/mol. The first-order valence-electron chi connectivity index (χ1n) is 7.67. The summed E-state index contributed by atoms with van der Waals surface area (Å²) in [6, 6.07) is 0.239. The Kier molecular flexibility index (Phi) is 4.26. The Hall–Kier alpha value is -1.73. The Morgan fingerprint density at radius 3 is 2.73 bits per heavy atom. The molecule has 0 unspecified atom stereocenters. The van der Waals surface area contributed by atoms with Crippen molar-refractivity contribution in [3.8, 4) is 0 Å². The van der Waals surface area contributed by atoms with Crippen molar-refractivity contribution in [3.05, 3.63) is 18.0 Å². The van der Waals surface area contributed by atoms with E-state index < -0.39 is 5.97 Å². The van der Waals surface area contributed by atoms with Crippen LogP contribution in [0.1, 0.15) is 36.5 Å². The van der Waals surface area contributed by atoms with Crippen LogP contribution in [0.2, 0.25) is 0 Å². The molecule has 0 radical (unpaired) electrons. The molecule has 120 valence electrons. The standard InChI is InChI=1S/C15H21N3O4/c1-2-22-12-7-11(15(12)3-5-21-6-4-15)18-14-16-8-10(9-17-14)13(19)20/h8-9,11-12H,2-7H2,1H3,(H,19,20)(H,16,17,18)/t11-,12-/m1/s1. The van der Waals surface area contributed by atoms with Crippen molar-refractivity contribution in [1.82, 2.24) is 9.97 Å². The third-order valence-electron chi connectivity index (χ3n) is 4.78. The van der Waals surface area contributed by atoms with E-state index in [-0.39, 0.29) is 23.1 Å². The number of hydrogen-bond acceptors (Lipinski definition) is 6. The first-order valence-corrected chi connectivity index (χ1v) is 7.67. The van der Waals surface area contributed by atoms with Gasteiger partial charge in [0, 0.05) is 43.7 Å². The number of aromatic carboxylic acids is 1. The van der Waals surface area contributed by atoms with Gasteiger partial charge in [-0.05, 0) is 26.2 Å². The van der Waals surface area contributed by atoms with Gasteiger partial charge in [-0.25, -0.2) is 14.8 Å². The van der Waals surface area contributed by atoms with Crippen molar-refractivity contribution >= 4 is 11.9 Å². The molecule has 1 aromatic heterocycles. The van der Waals surface area contributed by atoms with Crippen LogP contribution in [0.15, 0.2) is 12.4 Å². The second-order valence-electron chi connectivity index (χ2n) is 5.82. The molecule has 7 nitrogen and oxygen atoms in total. The molecule has 7 heteroatoms. The number of ether oxygens (including phenoxy) is 2. The zero-order valence-electron chi connectivity index (χ0n) is 12.6. The molecule has 1 aliphatic heterocycles. The van der Waals surface area contributed by atoms with E-state index >= 15 is 0 Å². The summed E-state index contributed by atoms with van der Waals surface area (Å²) in [7, 11) is 0. The number of carboxylic acids is 1. The van der Waals surface area contributed by atoms with Crippen molar-refractivity contribution in [2.24, 2.45) is 5.41 Å². The molecule has 2 fully saturated rings. The fourth-order valence-electron chi connectivity index (χ4n) is 3.48. The summed E-state index contributed by atoms with van der Waals surface area (Å²) in [5.74, 6) is -0.552. The molecule has 1 saturated carbocycles. The lowest BCUT2D eigenvalue weighted by Crippen LogP contribution is -2.63. The Bertz CT molecular complexity index is 528. The van der Waals surface area contributed by atoms with Gasteiger partial charge in [0.2, 0.25) is 5.95 Å². The summed E-state index contributed by atoms with van der Waals surface area (Å²) in [6.07, 6.45) is 5.74. The van der Waals surface area contributed by atoms with Gasteiger partial charge in [0.1, 0.15) is 0 Å². The van der Waals surface area contributed by atoms with Crippen LogP contribution in [-0.4, -0.2) is 53.0 Å². The van der Waals surface area contributed by atoms with Crippen LogP contribution in [0.5, 0.6) is 0 Å². The van der Waals surface area contributed by atoms with Gasteiger partial charge in [-0.3, -0.25) is 0 Å². The highest BCUT2D eigenvalue weighted by molar-refractivity contribution is 5.86. The van der Waals surface area contributed by atoms with Crippen molar-refractivity contribution in [2.45, 2.75) is 38.3 Å². The SMILES string of the molecule is CCO[C@@H]1C[C@@H](Nc2ncc(C(=O)O)cn2)C12CCOCC2. The maximum absolute atomic E-state index is 10.8. The van der Waals surface area contributed by atoms with Crippen LogP contribution in [0.25, 0.3) is 0 Å². The zero-order chi connectivity index (χ0) is 15.6. The molecule has 2 heterocycles. The van der Waals surface area contributed by atoms with Crippen molar-refractivity contribution < 1.29 is 19.4 Å². The topological polar surface area (TPSA) is 93.6 Å². The summed E-state index contributed by atoms with van der Waals surface area (Å²) >= 11 is 0. The summed E-state index contributed by atoms with van der Waals surface area (Å²) in [6.45, 7) is 4.23. The Balaban J connectivity index is 1.70. The number of aromatic nitrogens is 2. The molecule has 1 aliphatic carbocycles. The van der Waals surface area contributed by atoms with Gasteiger partial charge in [-0.1, -0.05) is 0 Å². The molecule has 1 spiro atoms. The quantitative estimate of drug-likeness (QED) is 0.852. The number of rotatable bonds is 5. The summed E-state index contributed by atoms with van der Waals surface area (Å²) in [5.41, 5.74) is 0.162. The zero-order valence-corrected chi connectivity index (χ0v) is 12.6. The smallest absolute Gasteiger partial charge is 0.338 e. The molecule has 2 aliphatic rings. The van der Waals surface area contributed by atoms with E-state index in [4.69, 9.17) is 14.6 Å². The van der Waals surface area contributed by atoms with E-state index in [0.29, 0.717) is 12.6 Å². The predicted octanol–water partition coefficient (Wildman–Crippen LogP) is 1.56. The average molecular weight is 307 g/mol. The average Bonchev–Trinajstić information content (AvgIpc) is 2.55. The number of hydrogen-bond donors (Lipinski definition) is 2. The fourth-order valence-corrected chi connectivity index (χ4v) is 3.48. The molecular weight excluding hydrogens is 286 g/mol. The van der Waals surface area contributed by atoms with Gasteiger partial charge in [0.05, 0.1) is 11.7 Å². The van der Waals surface area contributed by atoms with Gasteiger partial charge in [0.15, 0.2) is 0 Å². The largest absolute Gasteiger partial charge is 0.478 e. The van der Waals surface area contributed by atoms with E-state index in [1.165, 1.54) is 12.4 Å². The molecule has 0 aromatic carbocycles. The lowest BCUT2D eigenvalue weighted by Gasteiger charge is -2.57. The van der Waals surface area contributed by atoms with E-state index in [9.17, 15) is 4.79 Å². The van der Waals surface area contributed by atoms with Crippen LogP contribution in [0.3, 0.4) is 0 Å². The highest BCUT2D eigenvalue weighted by atomic mass is 16.5. The number of carbonyl (C=O) groups is 1. The number of anilines is 1. The molecule has 0 amide bonds. The lowest BCUT2D eigenvalue weighted by atomic mass is 9.57. The van der Waals surface area contributed by atoms with Gasteiger partial charge >= 0.3 is 5.97 Å². The third kappa shape index (κ3) is 2.66. The molecule has 22 heavy (non-hydrogen) atoms. The minimum absolute atomic E-state index is 0.0725. The number of nitrogens with zero attached hydrogens (tertiary/aromatic N) is 2. The Morgan fingerprint density at radius 1 is 1.45 bits per heavy atom. The summed E-state index contributed by atoms with van der Waals surface area (Å²) in [5, 5.41) is 12.2. The van der Waals surface area contributed by atoms with Crippen LogP contribution in [0, 0.1) is 5.41 Å². The number of carboxylic acid groups (broad SMARTS) is 1. The van der Waals surface area contributed by atoms with Crippen LogP contribution in [-0.2, 0) is 9.47 Å². The lowest BCUT2D eigenvalue weighted by molar-refractivity contribution is -0.159. The molecular formula is C15H21N3O4. The highest BCUT2D eigenvalue weighted by Crippen LogP contribution is 2.51. The predicted molar refractivity (Wildman–Crippen MR) is 78.9 cm³/mol. The van der Waals surface area contributed by atoms with Crippen LogP contribution in [0.4, 0.5) is 5.95 Å². The second-order valence-corrected chi connectivity index (χ2v) is 5.82. The van der Waals surface area contributed by atoms with Crippen molar-refractivity contribution in [3.63, 3.8) is 0 Å². The van der Waals surface area contributed by atoms with Gasteiger partial charge in [-0.2, -0.15) is 0 Å². The number of nitrogens with one attached hydrogen (secondary N) is 1. The maximum atomic E-state index is 10.8. The third-order valence-corrected chi connectivity index (χ3v) is 4.78. The molecule has 1 saturated heterocycles. The first kappa shape index (κ1) is 15.2. The van der Waals surface area contributed by atoms with Crippen LogP contribution >= 0.6 is 0 Å². The normalized spacial score (nSPS) is 26.4. The van der Waals surface area contributed by atoms with E-state index in [2.05, 4.69) is 15.3 Å². The highest BCUT2D eigenvalue weighted by Gasteiger charge is 2.56. The van der Waals surface area contributed by atoms with E-state index in [1.54, 1.807) is 0 Å². The maximum Gasteiger partial charge on any atom is 0.338 e. The Labute approximate surface area is 129 Å². The van der Waals surface area contributed by atoms with Crippen molar-refractivity contribution in [1.29, 1.82) is 0 Å². The minimum atomic E-state index is -1.02. The molecule has 1 aromatic rings. The summed E-state index contributed by atoms with van der Waals surface area (Å²) in [4.78, 5) is 19.0. The van der Waals surface area contributed by atoms with Gasteiger partial charge < -0.3 is 19.9 Å².